The number of anilines is 1. The van der Waals surface area contributed by atoms with Crippen molar-refractivity contribution >= 4 is 40.8 Å². The van der Waals surface area contributed by atoms with Crippen LogP contribution >= 0.6 is 23.2 Å². The normalized spacial score (nSPS) is 11.5. The lowest BCUT2D eigenvalue weighted by molar-refractivity contribution is -0.384. The molecule has 0 saturated heterocycles. The van der Waals surface area contributed by atoms with Gasteiger partial charge in [0, 0.05) is 21.7 Å². The average molecular weight is 484 g/mol. The smallest absolute Gasteiger partial charge is 0.416 e. The summed E-state index contributed by atoms with van der Waals surface area (Å²) in [4.78, 5) is 10.2. The van der Waals surface area contributed by atoms with E-state index in [1.54, 1.807) is 42.5 Å². The second-order valence-electron chi connectivity index (χ2n) is 6.45. The van der Waals surface area contributed by atoms with Crippen molar-refractivity contribution in [3.63, 3.8) is 0 Å². The first-order valence-corrected chi connectivity index (χ1v) is 9.70. The second-order valence-corrected chi connectivity index (χ2v) is 7.29. The van der Waals surface area contributed by atoms with Crippen LogP contribution in [0, 0.1) is 10.1 Å². The third-order valence-electron chi connectivity index (χ3n) is 4.21. The number of halogens is 5. The summed E-state index contributed by atoms with van der Waals surface area (Å²) < 4.78 is 44.0. The maximum absolute atomic E-state index is 12.8. The Morgan fingerprint density at radius 1 is 1.06 bits per heavy atom. The Bertz CT molecular complexity index is 1150. The predicted molar refractivity (Wildman–Crippen MR) is 117 cm³/mol. The number of hydrogen-bond donors (Lipinski definition) is 1. The zero-order valence-corrected chi connectivity index (χ0v) is 17.6. The van der Waals surface area contributed by atoms with Gasteiger partial charge >= 0.3 is 6.18 Å². The van der Waals surface area contributed by atoms with E-state index >= 15 is 0 Å². The van der Waals surface area contributed by atoms with Gasteiger partial charge in [-0.1, -0.05) is 29.3 Å². The molecular formula is C21H14Cl2F3N3O3. The highest BCUT2D eigenvalue weighted by molar-refractivity contribution is 6.35. The minimum absolute atomic E-state index is 0.168. The molecule has 0 aromatic heterocycles. The first kappa shape index (κ1) is 23.4. The summed E-state index contributed by atoms with van der Waals surface area (Å²) in [6.07, 6.45) is -3.32. The zero-order valence-electron chi connectivity index (χ0n) is 16.1. The van der Waals surface area contributed by atoms with Gasteiger partial charge in [0.1, 0.15) is 18.0 Å². The fourth-order valence-corrected chi connectivity index (χ4v) is 3.04. The number of hydrazone groups is 1. The molecule has 0 saturated carbocycles. The molecule has 0 aliphatic rings. The van der Waals surface area contributed by atoms with Crippen molar-refractivity contribution in [1.29, 1.82) is 0 Å². The van der Waals surface area contributed by atoms with Crippen LogP contribution in [0.2, 0.25) is 10.0 Å². The van der Waals surface area contributed by atoms with Crippen molar-refractivity contribution in [1.82, 2.24) is 0 Å². The van der Waals surface area contributed by atoms with Crippen LogP contribution in [0.15, 0.2) is 65.8 Å². The largest absolute Gasteiger partial charge is 0.489 e. The van der Waals surface area contributed by atoms with E-state index < -0.39 is 22.4 Å². The van der Waals surface area contributed by atoms with Crippen LogP contribution in [0.4, 0.5) is 24.5 Å². The predicted octanol–water partition coefficient (Wildman–Crippen LogP) is 6.95. The molecule has 11 heteroatoms. The zero-order chi connectivity index (χ0) is 23.3. The van der Waals surface area contributed by atoms with Gasteiger partial charge in [0.05, 0.1) is 16.7 Å². The Balaban J connectivity index is 1.63. The molecule has 0 radical (unpaired) electrons. The van der Waals surface area contributed by atoms with E-state index in [9.17, 15) is 23.3 Å². The highest BCUT2D eigenvalue weighted by Gasteiger charge is 2.33. The topological polar surface area (TPSA) is 76.8 Å². The van der Waals surface area contributed by atoms with E-state index in [2.05, 4.69) is 10.5 Å². The summed E-state index contributed by atoms with van der Waals surface area (Å²) >= 11 is 12.0. The number of hydrogen-bond acceptors (Lipinski definition) is 5. The van der Waals surface area contributed by atoms with E-state index in [-0.39, 0.29) is 12.3 Å². The van der Waals surface area contributed by atoms with Crippen LogP contribution in [0.3, 0.4) is 0 Å². The molecule has 32 heavy (non-hydrogen) atoms. The van der Waals surface area contributed by atoms with E-state index in [1.807, 2.05) is 0 Å². The first-order valence-electron chi connectivity index (χ1n) is 8.95. The second kappa shape index (κ2) is 9.88. The summed E-state index contributed by atoms with van der Waals surface area (Å²) in [5.74, 6) is 0.569. The van der Waals surface area contributed by atoms with Crippen LogP contribution in [-0.4, -0.2) is 11.1 Å². The Hall–Kier alpha value is -3.30. The van der Waals surface area contributed by atoms with E-state index in [0.717, 1.165) is 17.7 Å². The van der Waals surface area contributed by atoms with Gasteiger partial charge in [-0.05, 0) is 54.1 Å². The standard InChI is InChI=1S/C21H14Cl2F3N3O3/c22-16-5-3-14(18(23)10-16)12-32-17-6-1-13(2-7-17)11-27-28-19-8-4-15(21(24,25)26)9-20(19)29(30)31/h1-11,28H,12H2/b27-11-. The van der Waals surface area contributed by atoms with Crippen molar-refractivity contribution in [2.45, 2.75) is 12.8 Å². The molecule has 0 amide bonds. The molecule has 0 spiro atoms. The molecule has 166 valence electrons. The van der Waals surface area contributed by atoms with Gasteiger partial charge in [0.25, 0.3) is 5.69 Å². The van der Waals surface area contributed by atoms with Crippen LogP contribution in [-0.2, 0) is 12.8 Å². The van der Waals surface area contributed by atoms with Crippen molar-refractivity contribution in [3.05, 3.63) is 97.5 Å². The molecule has 6 nitrogen and oxygen atoms in total. The highest BCUT2D eigenvalue weighted by atomic mass is 35.5. The molecular weight excluding hydrogens is 470 g/mol. The molecule has 1 N–H and O–H groups in total. The maximum Gasteiger partial charge on any atom is 0.416 e. The van der Waals surface area contributed by atoms with Gasteiger partial charge < -0.3 is 4.74 Å². The van der Waals surface area contributed by atoms with Crippen LogP contribution in [0.5, 0.6) is 5.75 Å². The number of nitro benzene ring substituents is 1. The molecule has 0 aliphatic heterocycles. The molecule has 0 unspecified atom stereocenters. The molecule has 0 heterocycles. The van der Waals surface area contributed by atoms with Gasteiger partial charge in [-0.15, -0.1) is 0 Å². The van der Waals surface area contributed by atoms with Gasteiger partial charge in [-0.25, -0.2) is 0 Å². The van der Waals surface area contributed by atoms with Crippen LogP contribution in [0.25, 0.3) is 0 Å². The van der Waals surface area contributed by atoms with Crippen molar-refractivity contribution in [2.75, 3.05) is 5.43 Å². The van der Waals surface area contributed by atoms with E-state index in [0.29, 0.717) is 27.4 Å². The molecule has 0 bridgehead atoms. The third-order valence-corrected chi connectivity index (χ3v) is 4.80. The lowest BCUT2D eigenvalue weighted by Crippen LogP contribution is -2.06. The number of nitrogens with one attached hydrogen (secondary N) is 1. The molecule has 3 rings (SSSR count). The summed E-state index contributed by atoms with van der Waals surface area (Å²) in [5.41, 5.74) is 1.78. The van der Waals surface area contributed by atoms with Gasteiger partial charge in [0.2, 0.25) is 0 Å². The number of alkyl halides is 3. The number of ether oxygens (including phenoxy) is 1. The molecule has 0 fully saturated rings. The third kappa shape index (κ3) is 6.12. The summed E-state index contributed by atoms with van der Waals surface area (Å²) in [6.45, 7) is 0.239. The molecule has 3 aromatic carbocycles. The van der Waals surface area contributed by atoms with Crippen molar-refractivity contribution < 1.29 is 22.8 Å². The lowest BCUT2D eigenvalue weighted by atomic mass is 10.1. The first-order chi connectivity index (χ1) is 15.1. The summed E-state index contributed by atoms with van der Waals surface area (Å²) in [7, 11) is 0. The summed E-state index contributed by atoms with van der Waals surface area (Å²) in [6, 6.07) is 14.0. The minimum Gasteiger partial charge on any atom is -0.489 e. The highest BCUT2D eigenvalue weighted by Crippen LogP contribution is 2.35. The fraction of sp³-hybridized carbons (Fsp3) is 0.0952. The van der Waals surface area contributed by atoms with Crippen molar-refractivity contribution in [3.8, 4) is 5.75 Å². The lowest BCUT2D eigenvalue weighted by Gasteiger charge is -2.09. The SMILES string of the molecule is O=[N+]([O-])c1cc(C(F)(F)F)ccc1N/N=C\c1ccc(OCc2ccc(Cl)cc2Cl)cc1. The van der Waals surface area contributed by atoms with Crippen LogP contribution < -0.4 is 10.2 Å². The monoisotopic (exact) mass is 483 g/mol. The Morgan fingerprint density at radius 3 is 2.41 bits per heavy atom. The average Bonchev–Trinajstić information content (AvgIpc) is 2.73. The number of benzene rings is 3. The Labute approximate surface area is 190 Å². The molecule has 0 atom stereocenters. The molecule has 0 aliphatic carbocycles. The minimum atomic E-state index is -4.69. The van der Waals surface area contributed by atoms with Gasteiger partial charge in [-0.3, -0.25) is 15.5 Å². The number of nitrogens with zero attached hydrogens (tertiary/aromatic N) is 2. The van der Waals surface area contributed by atoms with Gasteiger partial charge in [-0.2, -0.15) is 18.3 Å². The van der Waals surface area contributed by atoms with Gasteiger partial charge in [0.15, 0.2) is 0 Å². The number of nitro groups is 1. The maximum atomic E-state index is 12.8. The van der Waals surface area contributed by atoms with Crippen molar-refractivity contribution in [2.24, 2.45) is 5.10 Å². The van der Waals surface area contributed by atoms with E-state index in [1.165, 1.54) is 6.21 Å². The fourth-order valence-electron chi connectivity index (χ4n) is 2.58. The number of rotatable bonds is 7. The summed E-state index contributed by atoms with van der Waals surface area (Å²) in [5, 5.41) is 16.0. The molecule has 3 aromatic rings. The Kier molecular flexibility index (Phi) is 7.22. The quantitative estimate of drug-likeness (QED) is 0.224. The van der Waals surface area contributed by atoms with Crippen LogP contribution in [0.1, 0.15) is 16.7 Å². The van der Waals surface area contributed by atoms with E-state index in [4.69, 9.17) is 27.9 Å². The Morgan fingerprint density at radius 2 is 1.78 bits per heavy atom.